The molecule has 0 radical (unpaired) electrons. The van der Waals surface area contributed by atoms with Gasteiger partial charge in [-0.1, -0.05) is 72.8 Å². The fourth-order valence-corrected chi connectivity index (χ4v) is 5.61. The van der Waals surface area contributed by atoms with Crippen molar-refractivity contribution >= 4 is 17.9 Å². The third kappa shape index (κ3) is 6.84. The first-order valence-corrected chi connectivity index (χ1v) is 14.9. The first kappa shape index (κ1) is 28.8. The normalized spacial score (nSPS) is 13.4. The van der Waals surface area contributed by atoms with E-state index in [1.165, 1.54) is 11.6 Å². The van der Waals surface area contributed by atoms with Crippen molar-refractivity contribution in [3.63, 3.8) is 0 Å². The first-order valence-electron chi connectivity index (χ1n) is 14.9. The molecule has 0 N–H and O–H groups in total. The Morgan fingerprint density at radius 1 is 0.886 bits per heavy atom. The lowest BCUT2D eigenvalue weighted by Crippen LogP contribution is -2.52. The number of hydrogen-bond donors (Lipinski definition) is 0. The zero-order valence-corrected chi connectivity index (χ0v) is 24.8. The molecule has 1 aliphatic rings. The number of aromatic nitrogens is 3. The van der Waals surface area contributed by atoms with E-state index in [-0.39, 0.29) is 18.4 Å². The van der Waals surface area contributed by atoms with Crippen LogP contribution >= 0.6 is 0 Å². The number of rotatable bonds is 9. The third-order valence-corrected chi connectivity index (χ3v) is 8.05. The Morgan fingerprint density at radius 3 is 2.39 bits per heavy atom. The highest BCUT2D eigenvalue weighted by atomic mass is 16.2. The van der Waals surface area contributed by atoms with Crippen molar-refractivity contribution in [2.75, 3.05) is 6.54 Å². The summed E-state index contributed by atoms with van der Waals surface area (Å²) in [5, 5.41) is 4.32. The van der Waals surface area contributed by atoms with Gasteiger partial charge in [-0.25, -0.2) is 4.68 Å². The predicted molar refractivity (Wildman–Crippen MR) is 172 cm³/mol. The van der Waals surface area contributed by atoms with Gasteiger partial charge in [-0.3, -0.25) is 14.6 Å². The van der Waals surface area contributed by atoms with Gasteiger partial charge in [0, 0.05) is 50.7 Å². The highest BCUT2D eigenvalue weighted by Gasteiger charge is 2.34. The smallest absolute Gasteiger partial charge is 0.247 e. The molecule has 3 heterocycles. The van der Waals surface area contributed by atoms with Crippen LogP contribution in [0.4, 0.5) is 0 Å². The molecule has 0 aliphatic carbocycles. The standard InChI is InChI=1S/C37H35N5O2/c1-28-12-15-33(38-25-28)16-19-36(43)41(26-30-13-17-34(18-14-30)42-22-7-21-39-42)35(24-29-8-3-2-4-9-29)37(44)40-23-20-31-10-5-6-11-32(31)27-40/h2-19,21-22,25,35H,20,23-24,26-27H2,1H3/b19-16+/t35-/m0/s1. The topological polar surface area (TPSA) is 71.3 Å². The Hall–Kier alpha value is -5.30. The van der Waals surface area contributed by atoms with Crippen LogP contribution in [0.25, 0.3) is 11.8 Å². The van der Waals surface area contributed by atoms with Crippen LogP contribution in [0.15, 0.2) is 122 Å². The lowest BCUT2D eigenvalue weighted by molar-refractivity contribution is -0.144. The summed E-state index contributed by atoms with van der Waals surface area (Å²) in [4.78, 5) is 36.6. The van der Waals surface area contributed by atoms with Crippen molar-refractivity contribution in [2.45, 2.75) is 38.9 Å². The number of amides is 2. The summed E-state index contributed by atoms with van der Waals surface area (Å²) in [6, 6.07) is 31.2. The quantitative estimate of drug-likeness (QED) is 0.206. The summed E-state index contributed by atoms with van der Waals surface area (Å²) < 4.78 is 1.79. The van der Waals surface area contributed by atoms with Gasteiger partial charge in [0.2, 0.25) is 11.8 Å². The first-order chi connectivity index (χ1) is 21.5. The van der Waals surface area contributed by atoms with E-state index in [4.69, 9.17) is 0 Å². The minimum Gasteiger partial charge on any atom is -0.336 e. The molecule has 5 aromatic rings. The fourth-order valence-electron chi connectivity index (χ4n) is 5.61. The highest BCUT2D eigenvalue weighted by molar-refractivity contribution is 5.95. The molecule has 3 aromatic carbocycles. The average molecular weight is 582 g/mol. The largest absolute Gasteiger partial charge is 0.336 e. The van der Waals surface area contributed by atoms with Crippen LogP contribution in [0.2, 0.25) is 0 Å². The lowest BCUT2D eigenvalue weighted by atomic mass is 9.97. The number of carbonyl (C=O) groups excluding carboxylic acids is 2. The Morgan fingerprint density at radius 2 is 1.66 bits per heavy atom. The van der Waals surface area contributed by atoms with Crippen LogP contribution < -0.4 is 0 Å². The Labute approximate surface area is 258 Å². The molecule has 6 rings (SSSR count). The van der Waals surface area contributed by atoms with Gasteiger partial charge < -0.3 is 9.80 Å². The molecule has 7 heteroatoms. The van der Waals surface area contributed by atoms with E-state index in [1.807, 2.05) is 103 Å². The van der Waals surface area contributed by atoms with Crippen molar-refractivity contribution in [2.24, 2.45) is 0 Å². The number of aryl methyl sites for hydroxylation is 1. The second kappa shape index (κ2) is 13.3. The lowest BCUT2D eigenvalue weighted by Gasteiger charge is -2.37. The Kier molecular flexibility index (Phi) is 8.73. The minimum absolute atomic E-state index is 0.0493. The third-order valence-electron chi connectivity index (χ3n) is 8.05. The number of pyridine rings is 1. The zero-order chi connectivity index (χ0) is 30.3. The second-order valence-electron chi connectivity index (χ2n) is 11.2. The van der Waals surface area contributed by atoms with Crippen molar-refractivity contribution in [3.8, 4) is 5.69 Å². The van der Waals surface area contributed by atoms with Gasteiger partial charge in [-0.2, -0.15) is 5.10 Å². The predicted octanol–water partition coefficient (Wildman–Crippen LogP) is 5.81. The molecule has 2 aromatic heterocycles. The maximum absolute atomic E-state index is 14.5. The molecule has 0 bridgehead atoms. The second-order valence-corrected chi connectivity index (χ2v) is 11.2. The summed E-state index contributed by atoms with van der Waals surface area (Å²) in [6.07, 6.45) is 9.86. The van der Waals surface area contributed by atoms with Gasteiger partial charge in [-0.15, -0.1) is 0 Å². The molecule has 0 spiro atoms. The number of carbonyl (C=O) groups is 2. The number of benzene rings is 3. The molecule has 2 amide bonds. The zero-order valence-electron chi connectivity index (χ0n) is 24.8. The Bertz CT molecular complexity index is 1730. The minimum atomic E-state index is -0.698. The summed E-state index contributed by atoms with van der Waals surface area (Å²) in [5.41, 5.74) is 7.00. The number of fused-ring (bicyclic) bond motifs is 1. The van der Waals surface area contributed by atoms with Crippen LogP contribution in [0.3, 0.4) is 0 Å². The Balaban J connectivity index is 1.34. The van der Waals surface area contributed by atoms with Crippen LogP contribution in [-0.4, -0.2) is 49.0 Å². The van der Waals surface area contributed by atoms with Gasteiger partial charge in [0.15, 0.2) is 0 Å². The van der Waals surface area contributed by atoms with Crippen LogP contribution in [0, 0.1) is 6.92 Å². The summed E-state index contributed by atoms with van der Waals surface area (Å²) >= 11 is 0. The molecule has 0 fully saturated rings. The van der Waals surface area contributed by atoms with Crippen molar-refractivity contribution < 1.29 is 9.59 Å². The summed E-state index contributed by atoms with van der Waals surface area (Å²) in [5.74, 6) is -0.290. The van der Waals surface area contributed by atoms with E-state index >= 15 is 0 Å². The SMILES string of the molecule is Cc1ccc(/C=C/C(=O)N(Cc2ccc(-n3cccn3)cc2)[C@@H](Cc2ccccc2)C(=O)N2CCc3ccccc3C2)nc1. The van der Waals surface area contributed by atoms with E-state index in [0.717, 1.165) is 34.4 Å². The molecule has 44 heavy (non-hydrogen) atoms. The molecule has 0 saturated heterocycles. The molecule has 220 valence electrons. The van der Waals surface area contributed by atoms with Gasteiger partial charge in [0.1, 0.15) is 6.04 Å². The maximum atomic E-state index is 14.5. The molecule has 1 atom stereocenters. The van der Waals surface area contributed by atoms with E-state index < -0.39 is 6.04 Å². The van der Waals surface area contributed by atoms with E-state index in [0.29, 0.717) is 25.2 Å². The molecular weight excluding hydrogens is 546 g/mol. The van der Waals surface area contributed by atoms with Crippen LogP contribution in [0.1, 0.15) is 33.5 Å². The molecule has 7 nitrogen and oxygen atoms in total. The van der Waals surface area contributed by atoms with E-state index in [1.54, 1.807) is 28.1 Å². The van der Waals surface area contributed by atoms with Crippen molar-refractivity contribution in [1.82, 2.24) is 24.6 Å². The van der Waals surface area contributed by atoms with E-state index in [2.05, 4.69) is 22.2 Å². The number of nitrogens with zero attached hydrogens (tertiary/aromatic N) is 5. The van der Waals surface area contributed by atoms with Gasteiger partial charge >= 0.3 is 0 Å². The molecule has 0 saturated carbocycles. The van der Waals surface area contributed by atoms with Gasteiger partial charge in [0.25, 0.3) is 0 Å². The highest BCUT2D eigenvalue weighted by Crippen LogP contribution is 2.23. The molecule has 0 unspecified atom stereocenters. The van der Waals surface area contributed by atoms with Crippen molar-refractivity contribution in [3.05, 3.63) is 155 Å². The summed E-state index contributed by atoms with van der Waals surface area (Å²) in [6.45, 7) is 3.40. The molecular formula is C37H35N5O2. The van der Waals surface area contributed by atoms with E-state index in [9.17, 15) is 9.59 Å². The average Bonchev–Trinajstić information content (AvgIpc) is 3.61. The fraction of sp³-hybridized carbons (Fsp3) is 0.189. The van der Waals surface area contributed by atoms with Crippen molar-refractivity contribution in [1.29, 1.82) is 0 Å². The number of hydrogen-bond acceptors (Lipinski definition) is 4. The molecule has 1 aliphatic heterocycles. The summed E-state index contributed by atoms with van der Waals surface area (Å²) in [7, 11) is 0. The van der Waals surface area contributed by atoms with Gasteiger partial charge in [0.05, 0.1) is 11.4 Å². The maximum Gasteiger partial charge on any atom is 0.247 e. The van der Waals surface area contributed by atoms with Gasteiger partial charge in [-0.05, 0) is 71.5 Å². The van der Waals surface area contributed by atoms with Crippen LogP contribution in [0.5, 0.6) is 0 Å². The monoisotopic (exact) mass is 581 g/mol. The van der Waals surface area contributed by atoms with Crippen LogP contribution in [-0.2, 0) is 35.5 Å².